The zero-order valence-electron chi connectivity index (χ0n) is 16.7. The summed E-state index contributed by atoms with van der Waals surface area (Å²) in [4.78, 5) is 12.2. The van der Waals surface area contributed by atoms with E-state index in [1.54, 1.807) is 24.3 Å². The van der Waals surface area contributed by atoms with Crippen molar-refractivity contribution < 1.29 is 26.7 Å². The maximum Gasteiger partial charge on any atom is 0.254 e. The zero-order chi connectivity index (χ0) is 23.5. The molecule has 0 unspecified atom stereocenters. The number of nitrogens with two attached hydrogens (primary N) is 1. The molecule has 0 heterocycles. The van der Waals surface area contributed by atoms with Gasteiger partial charge in [0.05, 0.1) is 17.6 Å². The van der Waals surface area contributed by atoms with Crippen molar-refractivity contribution in [1.29, 1.82) is 0 Å². The number of nitrogens with one attached hydrogen (secondary N) is 2. The molecule has 3 rings (SSSR count). The number of carbonyl (C=O) groups excluding carboxylic acids is 1. The number of ether oxygens (including phenoxy) is 1. The summed E-state index contributed by atoms with van der Waals surface area (Å²) in [7, 11) is -3.40. The number of hydrogen-bond acceptors (Lipinski definition) is 5. The van der Waals surface area contributed by atoms with Crippen LogP contribution in [-0.2, 0) is 16.6 Å². The number of amides is 1. The van der Waals surface area contributed by atoms with Crippen LogP contribution in [0.15, 0.2) is 54.6 Å². The van der Waals surface area contributed by atoms with Crippen molar-refractivity contribution in [2.75, 3.05) is 11.6 Å². The van der Waals surface area contributed by atoms with E-state index < -0.39 is 27.6 Å². The third-order valence-corrected chi connectivity index (χ3v) is 5.52. The van der Waals surface area contributed by atoms with Crippen LogP contribution >= 0.6 is 22.6 Å². The van der Waals surface area contributed by atoms with Crippen LogP contribution in [-0.4, -0.2) is 20.6 Å². The van der Waals surface area contributed by atoms with Crippen LogP contribution < -0.4 is 20.5 Å². The number of halogens is 3. The molecule has 0 saturated heterocycles. The summed E-state index contributed by atoms with van der Waals surface area (Å²) >= 11 is 1.95. The Morgan fingerprint density at radius 3 is 2.50 bits per heavy atom. The van der Waals surface area contributed by atoms with Crippen LogP contribution in [0.1, 0.15) is 15.9 Å². The zero-order valence-corrected chi connectivity index (χ0v) is 19.6. The van der Waals surface area contributed by atoms with Gasteiger partial charge in [0.25, 0.3) is 5.91 Å². The molecule has 3 aromatic rings. The average Bonchev–Trinajstić information content (AvgIpc) is 2.68. The standard InChI is InChI=1S/C21H18F2IN3O4S/c1-32(29,30)26-11-12-3-2-4-15(7-12)31-19-9-13(22)8-18(20(19)21(25)28)27-17-6-5-14(24)10-16(17)23/h2-10,26-27H,11H2,1H3,(H2,25,28). The third kappa shape index (κ3) is 6.37. The third-order valence-electron chi connectivity index (χ3n) is 4.18. The summed E-state index contributed by atoms with van der Waals surface area (Å²) in [6.45, 7) is 0.0146. The van der Waals surface area contributed by atoms with Gasteiger partial charge in [0.1, 0.15) is 28.7 Å². The number of sulfonamides is 1. The highest BCUT2D eigenvalue weighted by Gasteiger charge is 2.19. The van der Waals surface area contributed by atoms with Crippen LogP contribution in [0, 0.1) is 15.2 Å². The van der Waals surface area contributed by atoms with Gasteiger partial charge in [-0.05, 0) is 64.6 Å². The summed E-state index contributed by atoms with van der Waals surface area (Å²) < 4.78 is 59.9. The van der Waals surface area contributed by atoms with Gasteiger partial charge in [-0.1, -0.05) is 12.1 Å². The van der Waals surface area contributed by atoms with Gasteiger partial charge < -0.3 is 15.8 Å². The summed E-state index contributed by atoms with van der Waals surface area (Å²) in [6.07, 6.45) is 1.03. The summed E-state index contributed by atoms with van der Waals surface area (Å²) in [5.41, 5.74) is 5.86. The van der Waals surface area contributed by atoms with Gasteiger partial charge in [-0.25, -0.2) is 21.9 Å². The fourth-order valence-corrected chi connectivity index (χ4v) is 3.69. The van der Waals surface area contributed by atoms with Gasteiger partial charge in [-0.2, -0.15) is 0 Å². The number of benzene rings is 3. The Morgan fingerprint density at radius 1 is 1.09 bits per heavy atom. The van der Waals surface area contributed by atoms with Crippen LogP contribution in [0.3, 0.4) is 0 Å². The van der Waals surface area contributed by atoms with Gasteiger partial charge in [-0.3, -0.25) is 4.79 Å². The second-order valence-corrected chi connectivity index (χ2v) is 9.86. The predicted molar refractivity (Wildman–Crippen MR) is 126 cm³/mol. The number of primary amides is 1. The number of carbonyl (C=O) groups is 1. The van der Waals surface area contributed by atoms with E-state index in [-0.39, 0.29) is 35.0 Å². The highest BCUT2D eigenvalue weighted by molar-refractivity contribution is 14.1. The molecule has 0 spiro atoms. The molecule has 0 saturated carbocycles. The Bertz CT molecular complexity index is 1290. The van der Waals surface area contributed by atoms with Gasteiger partial charge in [-0.15, -0.1) is 0 Å². The lowest BCUT2D eigenvalue weighted by atomic mass is 10.1. The lowest BCUT2D eigenvalue weighted by molar-refractivity contribution is 0.0999. The van der Waals surface area contributed by atoms with Crippen molar-refractivity contribution in [3.63, 3.8) is 0 Å². The summed E-state index contributed by atoms with van der Waals surface area (Å²) in [6, 6.07) is 12.7. The van der Waals surface area contributed by atoms with Crippen LogP contribution in [0.4, 0.5) is 20.2 Å². The molecule has 1 amide bonds. The molecule has 168 valence electrons. The first-order valence-corrected chi connectivity index (χ1v) is 12.1. The van der Waals surface area contributed by atoms with Crippen LogP contribution in [0.25, 0.3) is 0 Å². The molecule has 7 nitrogen and oxygen atoms in total. The topological polar surface area (TPSA) is 111 Å². The summed E-state index contributed by atoms with van der Waals surface area (Å²) in [5, 5.41) is 2.69. The second kappa shape index (κ2) is 9.79. The molecular weight excluding hydrogens is 555 g/mol. The van der Waals surface area contributed by atoms with E-state index in [1.807, 2.05) is 22.6 Å². The quantitative estimate of drug-likeness (QED) is 0.349. The van der Waals surface area contributed by atoms with Crippen LogP contribution in [0.5, 0.6) is 11.5 Å². The van der Waals surface area contributed by atoms with E-state index in [2.05, 4.69) is 10.0 Å². The average molecular weight is 573 g/mol. The molecule has 0 aliphatic heterocycles. The molecule has 0 aliphatic carbocycles. The Morgan fingerprint density at radius 2 is 1.84 bits per heavy atom. The largest absolute Gasteiger partial charge is 0.456 e. The fourth-order valence-electron chi connectivity index (χ4n) is 2.81. The highest BCUT2D eigenvalue weighted by Crippen LogP contribution is 2.34. The minimum absolute atomic E-state index is 0.0146. The first-order chi connectivity index (χ1) is 15.0. The van der Waals surface area contributed by atoms with Gasteiger partial charge in [0.2, 0.25) is 10.0 Å². The van der Waals surface area contributed by atoms with E-state index in [9.17, 15) is 22.0 Å². The van der Waals surface area contributed by atoms with E-state index in [1.165, 1.54) is 18.2 Å². The Balaban J connectivity index is 1.96. The molecule has 0 atom stereocenters. The maximum absolute atomic E-state index is 14.3. The molecule has 0 aromatic heterocycles. The van der Waals surface area contributed by atoms with E-state index in [4.69, 9.17) is 10.5 Å². The minimum Gasteiger partial charge on any atom is -0.456 e. The molecule has 0 bridgehead atoms. The fraction of sp³-hybridized carbons (Fsp3) is 0.0952. The Kier molecular flexibility index (Phi) is 7.31. The van der Waals surface area contributed by atoms with Crippen LogP contribution in [0.2, 0.25) is 0 Å². The maximum atomic E-state index is 14.3. The molecule has 3 aromatic carbocycles. The molecular formula is C21H18F2IN3O4S. The summed E-state index contributed by atoms with van der Waals surface area (Å²) in [5.74, 6) is -2.21. The van der Waals surface area contributed by atoms with Crippen molar-refractivity contribution in [2.45, 2.75) is 6.54 Å². The second-order valence-electron chi connectivity index (χ2n) is 6.78. The SMILES string of the molecule is CS(=O)(=O)NCc1cccc(Oc2cc(F)cc(Nc3ccc(I)cc3F)c2C(N)=O)c1. The van der Waals surface area contributed by atoms with E-state index in [0.717, 1.165) is 18.4 Å². The number of anilines is 2. The van der Waals surface area contributed by atoms with E-state index in [0.29, 0.717) is 9.13 Å². The van der Waals surface area contributed by atoms with Crippen molar-refractivity contribution in [3.8, 4) is 11.5 Å². The lowest BCUT2D eigenvalue weighted by Gasteiger charge is -2.16. The van der Waals surface area contributed by atoms with Gasteiger partial charge >= 0.3 is 0 Å². The van der Waals surface area contributed by atoms with Crippen molar-refractivity contribution >= 4 is 49.9 Å². The van der Waals surface area contributed by atoms with Gasteiger partial charge in [0.15, 0.2) is 0 Å². The smallest absolute Gasteiger partial charge is 0.254 e. The molecule has 32 heavy (non-hydrogen) atoms. The van der Waals surface area contributed by atoms with Crippen molar-refractivity contribution in [1.82, 2.24) is 4.72 Å². The molecule has 4 N–H and O–H groups in total. The van der Waals surface area contributed by atoms with Gasteiger partial charge in [0, 0.05) is 16.2 Å². The Labute approximate surface area is 197 Å². The molecule has 0 fully saturated rings. The van der Waals surface area contributed by atoms with Crippen molar-refractivity contribution in [2.24, 2.45) is 5.73 Å². The first-order valence-electron chi connectivity index (χ1n) is 9.08. The molecule has 0 radical (unpaired) electrons. The van der Waals surface area contributed by atoms with Crippen molar-refractivity contribution in [3.05, 3.63) is 80.9 Å². The minimum atomic E-state index is -3.40. The monoisotopic (exact) mass is 573 g/mol. The predicted octanol–water partition coefficient (Wildman–Crippen LogP) is 4.25. The number of hydrogen-bond donors (Lipinski definition) is 3. The van der Waals surface area contributed by atoms with E-state index >= 15 is 0 Å². The first kappa shape index (κ1) is 23.9. The number of rotatable bonds is 8. The molecule has 11 heteroatoms. The Hall–Kier alpha value is -2.77. The lowest BCUT2D eigenvalue weighted by Crippen LogP contribution is -2.21. The molecule has 0 aliphatic rings. The normalized spacial score (nSPS) is 11.2. The highest BCUT2D eigenvalue weighted by atomic mass is 127.